The lowest BCUT2D eigenvalue weighted by atomic mass is 9.66. The lowest BCUT2D eigenvalue weighted by Crippen LogP contribution is -2.29. The average molecular weight is 216 g/mol. The van der Waals surface area contributed by atoms with Crippen LogP contribution in [0.1, 0.15) is 33.6 Å². The molecule has 4 heteroatoms. The molecule has 0 radical (unpaired) electrons. The first-order chi connectivity index (χ1) is 6.34. The second kappa shape index (κ2) is 5.81. The normalized spacial score (nSPS) is 22.1. The maximum atomic E-state index is 11.4. The Morgan fingerprint density at radius 3 is 2.43 bits per heavy atom. The maximum absolute atomic E-state index is 11.4. The summed E-state index contributed by atoms with van der Waals surface area (Å²) in [6.45, 7) is 6.07. The van der Waals surface area contributed by atoms with Crippen molar-refractivity contribution in [2.75, 3.05) is 6.26 Å². The second-order valence-electron chi connectivity index (χ2n) is 4.73. The number of carbonyl (C=O) groups is 1. The smallest absolute Gasteiger partial charge is 0.118 e. The van der Waals surface area contributed by atoms with Crippen LogP contribution in [0.25, 0.3) is 0 Å². The van der Waals surface area contributed by atoms with Gasteiger partial charge in [0, 0.05) is 5.92 Å². The standard InChI is InChI=1S/C10H21BO2S/c1-5-9(14(4)13)8(2)6-10(3,11)7-12/h7-9H,5-6,11H2,1-4H3. The lowest BCUT2D eigenvalue weighted by molar-refractivity contribution is -0.110. The van der Waals surface area contributed by atoms with Gasteiger partial charge in [-0.3, -0.25) is 0 Å². The molecule has 2 nitrogen and oxygen atoms in total. The number of aldehydes is 1. The fraction of sp³-hybridized carbons (Fsp3) is 0.900. The zero-order chi connectivity index (χ0) is 11.4. The highest BCUT2D eigenvalue weighted by Crippen LogP contribution is 2.31. The van der Waals surface area contributed by atoms with E-state index in [1.807, 2.05) is 14.8 Å². The molecule has 0 aromatic heterocycles. The molecule has 0 aromatic carbocycles. The highest BCUT2D eigenvalue weighted by molar-refractivity contribution is 7.91. The van der Waals surface area contributed by atoms with Crippen LogP contribution in [0.15, 0.2) is 0 Å². The van der Waals surface area contributed by atoms with Gasteiger partial charge in [-0.05, 0) is 18.2 Å². The van der Waals surface area contributed by atoms with E-state index in [0.717, 1.165) is 19.1 Å². The summed E-state index contributed by atoms with van der Waals surface area (Å²) in [7, 11) is 1.93. The molecule has 14 heavy (non-hydrogen) atoms. The summed E-state index contributed by atoms with van der Waals surface area (Å²) in [5.74, 6) is 0.339. The van der Waals surface area contributed by atoms with Crippen molar-refractivity contribution in [3.63, 3.8) is 0 Å². The van der Waals surface area contributed by atoms with E-state index in [1.54, 1.807) is 6.26 Å². The summed E-state index contributed by atoms with van der Waals surface area (Å²) in [5.41, 5.74) is 0. The van der Waals surface area contributed by atoms with E-state index in [0.29, 0.717) is 5.92 Å². The van der Waals surface area contributed by atoms with Gasteiger partial charge < -0.3 is 9.35 Å². The van der Waals surface area contributed by atoms with Crippen LogP contribution in [0.3, 0.4) is 0 Å². The third kappa shape index (κ3) is 4.51. The predicted octanol–water partition coefficient (Wildman–Crippen LogP) is 1.18. The van der Waals surface area contributed by atoms with Gasteiger partial charge >= 0.3 is 0 Å². The molecule has 0 aliphatic heterocycles. The van der Waals surface area contributed by atoms with Gasteiger partial charge in [0.25, 0.3) is 0 Å². The van der Waals surface area contributed by atoms with Crippen molar-refractivity contribution in [2.45, 2.75) is 44.2 Å². The Kier molecular flexibility index (Phi) is 5.83. The van der Waals surface area contributed by atoms with Gasteiger partial charge in [0.05, 0.1) is 6.26 Å². The first-order valence-electron chi connectivity index (χ1n) is 5.12. The van der Waals surface area contributed by atoms with Crippen LogP contribution < -0.4 is 0 Å². The monoisotopic (exact) mass is 216 g/mol. The molecule has 4 unspecified atom stereocenters. The van der Waals surface area contributed by atoms with Crippen molar-refractivity contribution in [2.24, 2.45) is 5.92 Å². The Morgan fingerprint density at radius 2 is 2.14 bits per heavy atom. The summed E-state index contributed by atoms with van der Waals surface area (Å²) < 4.78 is 11.4. The zero-order valence-corrected chi connectivity index (χ0v) is 10.7. The van der Waals surface area contributed by atoms with Crippen LogP contribution >= 0.6 is 0 Å². The van der Waals surface area contributed by atoms with Gasteiger partial charge in [-0.2, -0.15) is 0 Å². The van der Waals surface area contributed by atoms with Gasteiger partial charge in [-0.25, -0.2) is 0 Å². The molecule has 0 fully saturated rings. The highest BCUT2D eigenvalue weighted by atomic mass is 32.2. The first kappa shape index (κ1) is 14.0. The number of carbonyl (C=O) groups excluding carboxylic acids is 1. The summed E-state index contributed by atoms with van der Waals surface area (Å²) in [6.07, 6.45) is 4.47. The summed E-state index contributed by atoms with van der Waals surface area (Å²) in [4.78, 5) is 10.8. The SMILES string of the molecule is BC(C)(C=O)CC(C)C(CC)[S+](C)[O-]. The average Bonchev–Trinajstić information content (AvgIpc) is 2.03. The Balaban J connectivity index is 4.30. The third-order valence-electron chi connectivity index (χ3n) is 2.63. The van der Waals surface area contributed by atoms with Crippen LogP contribution in [0.5, 0.6) is 0 Å². The number of rotatable bonds is 6. The van der Waals surface area contributed by atoms with E-state index in [1.165, 1.54) is 0 Å². The van der Waals surface area contributed by atoms with Gasteiger partial charge in [0.2, 0.25) is 0 Å². The van der Waals surface area contributed by atoms with Crippen LogP contribution in [0, 0.1) is 5.92 Å². The number of hydrogen-bond acceptors (Lipinski definition) is 2. The summed E-state index contributed by atoms with van der Waals surface area (Å²) >= 11 is -0.786. The number of hydrogen-bond donors (Lipinski definition) is 0. The zero-order valence-electron chi connectivity index (χ0n) is 9.87. The summed E-state index contributed by atoms with van der Waals surface area (Å²) in [5, 5.41) is -0.0686. The molecule has 0 rings (SSSR count). The van der Waals surface area contributed by atoms with E-state index >= 15 is 0 Å². The lowest BCUT2D eigenvalue weighted by Gasteiger charge is -2.28. The molecule has 0 spiro atoms. The molecule has 0 N–H and O–H groups in total. The fourth-order valence-electron chi connectivity index (χ4n) is 1.97. The quantitative estimate of drug-likeness (QED) is 0.380. The van der Waals surface area contributed by atoms with Gasteiger partial charge in [0.1, 0.15) is 19.4 Å². The molecule has 0 aliphatic rings. The third-order valence-corrected chi connectivity index (χ3v) is 4.28. The molecule has 0 heterocycles. The summed E-state index contributed by atoms with van der Waals surface area (Å²) in [6, 6.07) is 0. The fourth-order valence-corrected chi connectivity index (χ4v) is 3.19. The van der Waals surface area contributed by atoms with E-state index in [2.05, 4.69) is 13.8 Å². The minimum Gasteiger partial charge on any atom is -0.616 e. The van der Waals surface area contributed by atoms with Crippen molar-refractivity contribution in [3.05, 3.63) is 0 Å². The Labute approximate surface area is 91.4 Å². The molecule has 0 saturated carbocycles. The van der Waals surface area contributed by atoms with Gasteiger partial charge in [-0.15, -0.1) is 0 Å². The highest BCUT2D eigenvalue weighted by Gasteiger charge is 2.29. The minimum absolute atomic E-state index is 0.217. The Morgan fingerprint density at radius 1 is 1.64 bits per heavy atom. The molecular weight excluding hydrogens is 195 g/mol. The van der Waals surface area contributed by atoms with Gasteiger partial charge in [0.15, 0.2) is 0 Å². The van der Waals surface area contributed by atoms with E-state index in [4.69, 9.17) is 0 Å². The Bertz CT molecular complexity index is 183. The van der Waals surface area contributed by atoms with Crippen LogP contribution in [0.4, 0.5) is 0 Å². The topological polar surface area (TPSA) is 40.1 Å². The molecule has 4 atom stereocenters. The molecule has 0 aliphatic carbocycles. The van der Waals surface area contributed by atoms with E-state index < -0.39 is 11.2 Å². The van der Waals surface area contributed by atoms with Gasteiger partial charge in [-0.1, -0.05) is 31.9 Å². The van der Waals surface area contributed by atoms with E-state index in [-0.39, 0.29) is 10.6 Å². The molecular formula is C10H21BO2S. The predicted molar refractivity (Wildman–Crippen MR) is 64.9 cm³/mol. The molecule has 0 amide bonds. The molecule has 0 aromatic rings. The molecule has 82 valence electrons. The molecule has 0 bridgehead atoms. The van der Waals surface area contributed by atoms with Crippen LogP contribution in [-0.2, 0) is 16.0 Å². The van der Waals surface area contributed by atoms with Crippen molar-refractivity contribution >= 4 is 25.3 Å². The van der Waals surface area contributed by atoms with Crippen LogP contribution in [0.2, 0.25) is 5.31 Å². The largest absolute Gasteiger partial charge is 0.616 e. The Hall–Kier alpha value is 0.0449. The first-order valence-corrected chi connectivity index (χ1v) is 6.74. The van der Waals surface area contributed by atoms with Crippen molar-refractivity contribution in [1.82, 2.24) is 0 Å². The van der Waals surface area contributed by atoms with E-state index in [9.17, 15) is 9.35 Å². The van der Waals surface area contributed by atoms with Crippen LogP contribution in [-0.4, -0.2) is 30.2 Å². The second-order valence-corrected chi connectivity index (χ2v) is 6.34. The molecule has 0 saturated heterocycles. The maximum Gasteiger partial charge on any atom is 0.118 e. The minimum atomic E-state index is -0.786. The van der Waals surface area contributed by atoms with Crippen molar-refractivity contribution in [1.29, 1.82) is 0 Å². The van der Waals surface area contributed by atoms with Crippen molar-refractivity contribution in [3.8, 4) is 0 Å². The van der Waals surface area contributed by atoms with Crippen molar-refractivity contribution < 1.29 is 9.35 Å².